The number of nitrogens with zero attached hydrogens (tertiary/aromatic N) is 2. The van der Waals surface area contributed by atoms with E-state index in [2.05, 4.69) is 58.3 Å². The van der Waals surface area contributed by atoms with Crippen LogP contribution in [-0.2, 0) is 4.74 Å². The van der Waals surface area contributed by atoms with E-state index in [1.165, 1.54) is 11.1 Å². The minimum Gasteiger partial charge on any atom is -0.497 e. The molecule has 1 saturated heterocycles. The molecule has 164 valence electrons. The maximum Gasteiger partial charge on any atom is 0.191 e. The summed E-state index contributed by atoms with van der Waals surface area (Å²) in [7, 11) is 1.70. The van der Waals surface area contributed by atoms with E-state index in [1.54, 1.807) is 18.4 Å². The zero-order chi connectivity index (χ0) is 21.2. The van der Waals surface area contributed by atoms with Crippen LogP contribution in [0.2, 0.25) is 0 Å². The van der Waals surface area contributed by atoms with Crippen LogP contribution in [0.15, 0.2) is 46.1 Å². The molecule has 2 N–H and O–H groups in total. The molecule has 2 heterocycles. The van der Waals surface area contributed by atoms with Crippen molar-refractivity contribution in [1.82, 2.24) is 15.5 Å². The lowest BCUT2D eigenvalue weighted by Gasteiger charge is -2.35. The number of benzene rings is 1. The van der Waals surface area contributed by atoms with Crippen molar-refractivity contribution in [2.24, 2.45) is 4.99 Å². The van der Waals surface area contributed by atoms with Crippen molar-refractivity contribution in [1.29, 1.82) is 0 Å². The number of thiophene rings is 1. The molecule has 2 unspecified atom stereocenters. The monoisotopic (exact) mass is 430 g/mol. The van der Waals surface area contributed by atoms with Crippen molar-refractivity contribution in [2.45, 2.75) is 25.8 Å². The van der Waals surface area contributed by atoms with Gasteiger partial charge in [0.1, 0.15) is 5.75 Å². The number of hydrogen-bond acceptors (Lipinski definition) is 5. The lowest BCUT2D eigenvalue weighted by molar-refractivity contribution is 0.0170. The number of ether oxygens (including phenoxy) is 2. The molecule has 1 aromatic heterocycles. The number of morpholine rings is 1. The Bertz CT molecular complexity index is 758. The van der Waals surface area contributed by atoms with E-state index in [9.17, 15) is 0 Å². The largest absolute Gasteiger partial charge is 0.497 e. The highest BCUT2D eigenvalue weighted by atomic mass is 32.1. The third kappa shape index (κ3) is 6.45. The smallest absolute Gasteiger partial charge is 0.191 e. The fourth-order valence-corrected chi connectivity index (χ4v) is 4.38. The average Bonchev–Trinajstić information content (AvgIpc) is 3.33. The van der Waals surface area contributed by atoms with E-state index >= 15 is 0 Å². The second-order valence-corrected chi connectivity index (χ2v) is 8.28. The van der Waals surface area contributed by atoms with Gasteiger partial charge in [-0.05, 0) is 47.0 Å². The third-order valence-corrected chi connectivity index (χ3v) is 6.13. The van der Waals surface area contributed by atoms with Gasteiger partial charge in [-0.1, -0.05) is 19.1 Å². The van der Waals surface area contributed by atoms with E-state index in [-0.39, 0.29) is 6.04 Å². The Hall–Kier alpha value is -2.09. The lowest BCUT2D eigenvalue weighted by atomic mass is 10.0. The van der Waals surface area contributed by atoms with Crippen molar-refractivity contribution in [3.63, 3.8) is 0 Å². The molecule has 0 radical (unpaired) electrons. The molecule has 1 aliphatic heterocycles. The number of guanidine groups is 1. The van der Waals surface area contributed by atoms with Gasteiger partial charge in [0.05, 0.1) is 26.4 Å². The first-order chi connectivity index (χ1) is 14.7. The second kappa shape index (κ2) is 11.9. The molecule has 2 aromatic rings. The summed E-state index contributed by atoms with van der Waals surface area (Å²) in [5.41, 5.74) is 2.62. The van der Waals surface area contributed by atoms with Crippen LogP contribution in [0.4, 0.5) is 0 Å². The van der Waals surface area contributed by atoms with Crippen LogP contribution in [0.5, 0.6) is 5.75 Å². The van der Waals surface area contributed by atoms with Crippen LogP contribution in [0, 0.1) is 0 Å². The molecule has 0 amide bonds. The van der Waals surface area contributed by atoms with E-state index < -0.39 is 0 Å². The molecule has 30 heavy (non-hydrogen) atoms. The van der Waals surface area contributed by atoms with E-state index in [0.29, 0.717) is 5.92 Å². The highest BCUT2D eigenvalue weighted by Gasteiger charge is 2.23. The highest BCUT2D eigenvalue weighted by molar-refractivity contribution is 7.07. The summed E-state index contributed by atoms with van der Waals surface area (Å²) in [6.07, 6.45) is 0. The second-order valence-electron chi connectivity index (χ2n) is 7.50. The first-order valence-electron chi connectivity index (χ1n) is 10.7. The van der Waals surface area contributed by atoms with Gasteiger partial charge >= 0.3 is 0 Å². The molecule has 1 fully saturated rings. The quantitative estimate of drug-likeness (QED) is 0.471. The molecule has 0 saturated carbocycles. The lowest BCUT2D eigenvalue weighted by Crippen LogP contribution is -2.46. The molecule has 0 bridgehead atoms. The number of nitrogens with one attached hydrogen (secondary N) is 2. The summed E-state index contributed by atoms with van der Waals surface area (Å²) in [5, 5.41) is 11.3. The predicted octanol–water partition coefficient (Wildman–Crippen LogP) is 3.49. The number of aliphatic imine (C=N–C) groups is 1. The van der Waals surface area contributed by atoms with Crippen molar-refractivity contribution in [3.05, 3.63) is 52.2 Å². The summed E-state index contributed by atoms with van der Waals surface area (Å²) in [6, 6.07) is 10.8. The summed E-state index contributed by atoms with van der Waals surface area (Å²) in [4.78, 5) is 7.33. The van der Waals surface area contributed by atoms with Crippen molar-refractivity contribution < 1.29 is 9.47 Å². The summed E-state index contributed by atoms with van der Waals surface area (Å²) in [6.45, 7) is 10.1. The van der Waals surface area contributed by atoms with Gasteiger partial charge < -0.3 is 20.1 Å². The van der Waals surface area contributed by atoms with Gasteiger partial charge in [0.15, 0.2) is 5.96 Å². The molecular weight excluding hydrogens is 396 g/mol. The molecular formula is C23H34N4O2S. The van der Waals surface area contributed by atoms with E-state index in [1.807, 2.05) is 12.1 Å². The predicted molar refractivity (Wildman–Crippen MR) is 125 cm³/mol. The summed E-state index contributed by atoms with van der Waals surface area (Å²) >= 11 is 1.74. The Balaban J connectivity index is 1.68. The van der Waals surface area contributed by atoms with Crippen LogP contribution in [-0.4, -0.2) is 63.9 Å². The third-order valence-electron chi connectivity index (χ3n) is 5.43. The Morgan fingerprint density at radius 3 is 2.57 bits per heavy atom. The fraction of sp³-hybridized carbons (Fsp3) is 0.522. The highest BCUT2D eigenvalue weighted by Crippen LogP contribution is 2.24. The van der Waals surface area contributed by atoms with Gasteiger partial charge in [-0.2, -0.15) is 11.3 Å². The van der Waals surface area contributed by atoms with Crippen LogP contribution in [0.1, 0.15) is 36.9 Å². The van der Waals surface area contributed by atoms with Gasteiger partial charge in [0.25, 0.3) is 0 Å². The van der Waals surface area contributed by atoms with Gasteiger partial charge in [0, 0.05) is 38.6 Å². The van der Waals surface area contributed by atoms with E-state index in [4.69, 9.17) is 14.5 Å². The zero-order valence-electron chi connectivity index (χ0n) is 18.3. The van der Waals surface area contributed by atoms with Crippen LogP contribution in [0.3, 0.4) is 0 Å². The summed E-state index contributed by atoms with van der Waals surface area (Å²) in [5.74, 6) is 2.15. The minimum absolute atomic E-state index is 0.248. The minimum atomic E-state index is 0.248. The fourth-order valence-electron chi connectivity index (χ4n) is 3.60. The van der Waals surface area contributed by atoms with Crippen molar-refractivity contribution in [3.8, 4) is 5.75 Å². The first kappa shape index (κ1) is 22.6. The zero-order valence-corrected chi connectivity index (χ0v) is 19.1. The maximum atomic E-state index is 5.57. The normalized spacial score (nSPS) is 17.4. The number of rotatable bonds is 9. The molecule has 7 heteroatoms. The summed E-state index contributed by atoms with van der Waals surface area (Å²) < 4.78 is 10.9. The molecule has 0 spiro atoms. The molecule has 3 rings (SSSR count). The van der Waals surface area contributed by atoms with Crippen LogP contribution >= 0.6 is 11.3 Å². The number of methoxy groups -OCH3 is 1. The SMILES string of the molecule is CCNC(=NCC(C)c1ccsc1)NCC(c1ccc(OC)cc1)N1CCOCC1. The van der Waals surface area contributed by atoms with E-state index in [0.717, 1.165) is 57.6 Å². The van der Waals surface area contributed by atoms with Crippen molar-refractivity contribution >= 4 is 17.3 Å². The van der Waals surface area contributed by atoms with Gasteiger partial charge in [-0.25, -0.2) is 0 Å². The molecule has 0 aliphatic carbocycles. The average molecular weight is 431 g/mol. The first-order valence-corrected chi connectivity index (χ1v) is 11.7. The molecule has 1 aromatic carbocycles. The van der Waals surface area contributed by atoms with Crippen LogP contribution in [0.25, 0.3) is 0 Å². The molecule has 1 aliphatic rings. The maximum absolute atomic E-state index is 5.57. The Morgan fingerprint density at radius 2 is 1.93 bits per heavy atom. The molecule has 2 atom stereocenters. The Morgan fingerprint density at radius 1 is 1.17 bits per heavy atom. The topological polar surface area (TPSA) is 58.1 Å². The van der Waals surface area contributed by atoms with Gasteiger partial charge in [-0.3, -0.25) is 9.89 Å². The van der Waals surface area contributed by atoms with Crippen molar-refractivity contribution in [2.75, 3.05) is 53.0 Å². The van der Waals surface area contributed by atoms with Gasteiger partial charge in [-0.15, -0.1) is 0 Å². The standard InChI is InChI=1S/C23H34N4O2S/c1-4-24-23(25-15-18(2)20-9-14-30-17-20)26-16-22(27-10-12-29-13-11-27)19-5-7-21(28-3)8-6-19/h5-9,14,17-18,22H,4,10-13,15-16H2,1-3H3,(H2,24,25,26). The van der Waals surface area contributed by atoms with Gasteiger partial charge in [0.2, 0.25) is 0 Å². The Labute approximate surface area is 184 Å². The molecule has 6 nitrogen and oxygen atoms in total. The Kier molecular flexibility index (Phi) is 8.99. The van der Waals surface area contributed by atoms with Crippen LogP contribution < -0.4 is 15.4 Å². The number of hydrogen-bond donors (Lipinski definition) is 2.